The van der Waals surface area contributed by atoms with Crippen LogP contribution in [0.25, 0.3) is 5.69 Å². The molecule has 1 N–H and O–H groups in total. The molecule has 2 aromatic rings. The Morgan fingerprint density at radius 1 is 1.14 bits per heavy atom. The molecule has 2 aliphatic rings. The molecule has 2 fully saturated rings. The smallest absolute Gasteiger partial charge is 0.252 e. The molecule has 0 unspecified atom stereocenters. The van der Waals surface area contributed by atoms with Gasteiger partial charge < -0.3 is 4.90 Å². The van der Waals surface area contributed by atoms with E-state index in [2.05, 4.69) is 20.8 Å². The van der Waals surface area contributed by atoms with Gasteiger partial charge in [0.15, 0.2) is 0 Å². The van der Waals surface area contributed by atoms with Crippen molar-refractivity contribution in [2.75, 3.05) is 12.3 Å². The van der Waals surface area contributed by atoms with E-state index < -0.39 is 11.4 Å². The number of tetrazole rings is 1. The summed E-state index contributed by atoms with van der Waals surface area (Å²) in [5, 5.41) is 14.5. The van der Waals surface area contributed by atoms with Crippen LogP contribution in [-0.4, -0.2) is 60.7 Å². The van der Waals surface area contributed by atoms with Crippen LogP contribution in [0.4, 0.5) is 0 Å². The van der Waals surface area contributed by atoms with Crippen molar-refractivity contribution in [1.82, 2.24) is 30.4 Å². The molecule has 1 aromatic heterocycles. The number of rotatable bonds is 4. The summed E-state index contributed by atoms with van der Waals surface area (Å²) in [6.45, 7) is -0.0885. The maximum atomic E-state index is 13.0. The largest absolute Gasteiger partial charge is 0.318 e. The van der Waals surface area contributed by atoms with E-state index in [4.69, 9.17) is 0 Å². The van der Waals surface area contributed by atoms with Gasteiger partial charge in [-0.1, -0.05) is 49.2 Å². The lowest BCUT2D eigenvalue weighted by atomic mass is 9.78. The Balaban J connectivity index is 1.51. The maximum absolute atomic E-state index is 13.0. The van der Waals surface area contributed by atoms with E-state index in [9.17, 15) is 14.4 Å². The second-order valence-corrected chi connectivity index (χ2v) is 7.89. The van der Waals surface area contributed by atoms with Crippen molar-refractivity contribution in [3.05, 3.63) is 30.3 Å². The van der Waals surface area contributed by atoms with Crippen LogP contribution >= 0.6 is 11.8 Å². The van der Waals surface area contributed by atoms with Crippen LogP contribution in [0.5, 0.6) is 0 Å². The van der Waals surface area contributed by atoms with Crippen molar-refractivity contribution < 1.29 is 14.4 Å². The van der Waals surface area contributed by atoms with Gasteiger partial charge in [0.25, 0.3) is 5.91 Å². The van der Waals surface area contributed by atoms with E-state index >= 15 is 0 Å². The van der Waals surface area contributed by atoms with Crippen molar-refractivity contribution >= 4 is 29.5 Å². The van der Waals surface area contributed by atoms with Gasteiger partial charge in [0.1, 0.15) is 12.1 Å². The fourth-order valence-corrected chi connectivity index (χ4v) is 4.63. The lowest BCUT2D eigenvalue weighted by Gasteiger charge is -2.47. The Morgan fingerprint density at radius 2 is 1.89 bits per heavy atom. The minimum atomic E-state index is -0.908. The van der Waals surface area contributed by atoms with Crippen LogP contribution in [0.3, 0.4) is 0 Å². The molecule has 0 atom stereocenters. The minimum Gasteiger partial charge on any atom is -0.318 e. The molecule has 0 bridgehead atoms. The van der Waals surface area contributed by atoms with E-state index in [1.54, 1.807) is 4.68 Å². The number of benzene rings is 1. The number of carbonyl (C=O) groups is 3. The lowest BCUT2D eigenvalue weighted by Crippen LogP contribution is -2.69. The summed E-state index contributed by atoms with van der Waals surface area (Å²) >= 11 is 1.19. The molecule has 4 rings (SSSR count). The van der Waals surface area contributed by atoms with E-state index in [0.29, 0.717) is 18.0 Å². The standard InChI is InChI=1S/C18H20N6O3S/c25-14-11-23(18(16(27)19-14)9-5-2-6-10-18)15(26)12-28-17-20-21-22-24(17)13-7-3-1-4-8-13/h1,3-4,7-8H,2,5-6,9-12H2,(H,19,25,27). The van der Waals surface area contributed by atoms with Crippen molar-refractivity contribution in [3.8, 4) is 5.69 Å². The third-order valence-corrected chi connectivity index (χ3v) is 6.15. The summed E-state index contributed by atoms with van der Waals surface area (Å²) in [5.74, 6) is -0.988. The van der Waals surface area contributed by atoms with Crippen LogP contribution in [0.15, 0.2) is 35.5 Å². The van der Waals surface area contributed by atoms with E-state index in [1.807, 2.05) is 30.3 Å². The second-order valence-electron chi connectivity index (χ2n) is 6.95. The fraction of sp³-hybridized carbons (Fsp3) is 0.444. The molecular weight excluding hydrogens is 380 g/mol. The van der Waals surface area contributed by atoms with Crippen LogP contribution in [-0.2, 0) is 14.4 Å². The molecular formula is C18H20N6O3S. The van der Waals surface area contributed by atoms with Gasteiger partial charge in [0.2, 0.25) is 17.0 Å². The van der Waals surface area contributed by atoms with Gasteiger partial charge in [0, 0.05) is 0 Å². The monoisotopic (exact) mass is 400 g/mol. The van der Waals surface area contributed by atoms with E-state index in [-0.39, 0.29) is 24.1 Å². The highest BCUT2D eigenvalue weighted by atomic mass is 32.2. The summed E-state index contributed by atoms with van der Waals surface area (Å²) in [5.41, 5.74) is -0.117. The number of thioether (sulfide) groups is 1. The van der Waals surface area contributed by atoms with Crippen molar-refractivity contribution in [2.24, 2.45) is 0 Å². The van der Waals surface area contributed by atoms with Crippen molar-refractivity contribution in [2.45, 2.75) is 42.8 Å². The van der Waals surface area contributed by atoms with Gasteiger partial charge in [0.05, 0.1) is 11.4 Å². The molecule has 9 nitrogen and oxygen atoms in total. The highest BCUT2D eigenvalue weighted by Crippen LogP contribution is 2.36. The summed E-state index contributed by atoms with van der Waals surface area (Å²) in [6, 6.07) is 9.38. The first-order valence-electron chi connectivity index (χ1n) is 9.21. The molecule has 2 heterocycles. The number of carbonyl (C=O) groups excluding carboxylic acids is 3. The molecule has 3 amide bonds. The fourth-order valence-electron chi connectivity index (χ4n) is 3.86. The molecule has 1 spiro atoms. The van der Waals surface area contributed by atoms with Crippen LogP contribution < -0.4 is 5.32 Å². The number of imide groups is 1. The Hall–Kier alpha value is -2.75. The quantitative estimate of drug-likeness (QED) is 0.601. The van der Waals surface area contributed by atoms with Crippen LogP contribution in [0, 0.1) is 0 Å². The first-order chi connectivity index (χ1) is 13.6. The van der Waals surface area contributed by atoms with Gasteiger partial charge in [-0.2, -0.15) is 4.68 Å². The number of nitrogens with zero attached hydrogens (tertiary/aromatic N) is 5. The Morgan fingerprint density at radius 3 is 2.64 bits per heavy atom. The first-order valence-corrected chi connectivity index (χ1v) is 10.2. The maximum Gasteiger partial charge on any atom is 0.252 e. The third kappa shape index (κ3) is 3.39. The summed E-state index contributed by atoms with van der Waals surface area (Å²) in [4.78, 5) is 39.0. The number of para-hydroxylation sites is 1. The first kappa shape index (κ1) is 18.6. The van der Waals surface area contributed by atoms with Gasteiger partial charge in [-0.25, -0.2) is 0 Å². The summed E-state index contributed by atoms with van der Waals surface area (Å²) < 4.78 is 1.56. The van der Waals surface area contributed by atoms with E-state index in [1.165, 1.54) is 16.7 Å². The average molecular weight is 400 g/mol. The molecule has 1 aromatic carbocycles. The van der Waals surface area contributed by atoms with Gasteiger partial charge in [-0.15, -0.1) is 5.10 Å². The summed E-state index contributed by atoms with van der Waals surface area (Å²) in [6.07, 6.45) is 3.94. The number of hydrogen-bond donors (Lipinski definition) is 1. The highest BCUT2D eigenvalue weighted by Gasteiger charge is 2.50. The molecule has 1 aliphatic carbocycles. The molecule has 10 heteroatoms. The number of amides is 3. The van der Waals surface area contributed by atoms with Gasteiger partial charge in [-0.3, -0.25) is 19.7 Å². The second kappa shape index (κ2) is 7.70. The highest BCUT2D eigenvalue weighted by molar-refractivity contribution is 7.99. The van der Waals surface area contributed by atoms with Crippen LogP contribution in [0.2, 0.25) is 0 Å². The Kier molecular flexibility index (Phi) is 5.12. The summed E-state index contributed by atoms with van der Waals surface area (Å²) in [7, 11) is 0. The zero-order valence-electron chi connectivity index (χ0n) is 15.2. The lowest BCUT2D eigenvalue weighted by molar-refractivity contribution is -0.158. The molecule has 28 heavy (non-hydrogen) atoms. The molecule has 1 saturated heterocycles. The minimum absolute atomic E-state index is 0.0511. The van der Waals surface area contributed by atoms with E-state index in [0.717, 1.165) is 24.9 Å². The topological polar surface area (TPSA) is 110 Å². The Labute approximate surface area is 165 Å². The van der Waals surface area contributed by atoms with Gasteiger partial charge >= 0.3 is 0 Å². The number of nitrogens with one attached hydrogen (secondary N) is 1. The number of hydrogen-bond acceptors (Lipinski definition) is 7. The predicted octanol–water partition coefficient (Wildman–Crippen LogP) is 0.942. The zero-order chi connectivity index (χ0) is 19.6. The molecule has 1 aliphatic heterocycles. The van der Waals surface area contributed by atoms with Crippen LogP contribution in [0.1, 0.15) is 32.1 Å². The molecule has 146 valence electrons. The van der Waals surface area contributed by atoms with Crippen molar-refractivity contribution in [3.63, 3.8) is 0 Å². The zero-order valence-corrected chi connectivity index (χ0v) is 16.0. The molecule has 0 radical (unpaired) electrons. The number of aromatic nitrogens is 4. The normalized spacial score (nSPS) is 18.9. The predicted molar refractivity (Wildman–Crippen MR) is 101 cm³/mol. The van der Waals surface area contributed by atoms with Crippen molar-refractivity contribution in [1.29, 1.82) is 0 Å². The number of piperazine rings is 1. The Bertz CT molecular complexity index is 894. The third-order valence-electron chi connectivity index (χ3n) is 5.24. The molecule has 1 saturated carbocycles. The SMILES string of the molecule is O=C1CN(C(=O)CSc2nnnn2-c2ccccc2)C2(CCCCC2)C(=O)N1. The average Bonchev–Trinajstić information content (AvgIpc) is 3.19. The van der Waals surface area contributed by atoms with Gasteiger partial charge in [-0.05, 0) is 35.4 Å².